The Balaban J connectivity index is 1.79. The zero-order chi connectivity index (χ0) is 13.5. The number of anilines is 2. The second kappa shape index (κ2) is 4.67. The summed E-state index contributed by atoms with van der Waals surface area (Å²) in [5.74, 6) is 0. The van der Waals surface area contributed by atoms with Crippen LogP contribution in [0, 0.1) is 0 Å². The van der Waals surface area contributed by atoms with Crippen molar-refractivity contribution in [3.8, 4) is 0 Å². The maximum Gasteiger partial charge on any atom is 0.0447 e. The van der Waals surface area contributed by atoms with Gasteiger partial charge in [0, 0.05) is 49.5 Å². The van der Waals surface area contributed by atoms with Gasteiger partial charge in [-0.2, -0.15) is 0 Å². The van der Waals surface area contributed by atoms with E-state index in [1.807, 2.05) is 0 Å². The number of benzene rings is 2. The van der Waals surface area contributed by atoms with Gasteiger partial charge in [0.25, 0.3) is 0 Å². The normalized spacial score (nSPS) is 19.1. The average molecular weight is 267 g/mol. The third-order valence-corrected chi connectivity index (χ3v) is 4.63. The lowest BCUT2D eigenvalue weighted by Crippen LogP contribution is -2.44. The zero-order valence-corrected chi connectivity index (χ0v) is 12.0. The Bertz CT molecular complexity index is 642. The molecule has 2 heterocycles. The highest BCUT2D eigenvalue weighted by molar-refractivity contribution is 5.97. The van der Waals surface area contributed by atoms with Crippen LogP contribution in [-0.2, 0) is 6.42 Å². The maximum atomic E-state index is 3.50. The molecule has 0 aliphatic carbocycles. The van der Waals surface area contributed by atoms with Crippen LogP contribution >= 0.6 is 0 Å². The number of nitrogens with one attached hydrogen (secondary N) is 1. The van der Waals surface area contributed by atoms with Gasteiger partial charge in [0.2, 0.25) is 0 Å². The molecule has 3 heteroatoms. The van der Waals surface area contributed by atoms with E-state index in [0.717, 1.165) is 39.1 Å². The predicted octanol–water partition coefficient (Wildman–Crippen LogP) is 2.56. The number of piperazine rings is 1. The molecule has 3 nitrogen and oxygen atoms in total. The minimum absolute atomic E-state index is 1.08. The second-order valence-electron chi connectivity index (χ2n) is 5.97. The quantitative estimate of drug-likeness (QED) is 0.856. The van der Waals surface area contributed by atoms with Crippen molar-refractivity contribution in [1.29, 1.82) is 0 Å². The highest BCUT2D eigenvalue weighted by Gasteiger charge is 2.18. The molecule has 4 rings (SSSR count). The third kappa shape index (κ3) is 1.93. The van der Waals surface area contributed by atoms with E-state index in [2.05, 4.69) is 52.5 Å². The maximum absolute atomic E-state index is 3.50. The van der Waals surface area contributed by atoms with Crippen LogP contribution in [-0.4, -0.2) is 44.7 Å². The molecular formula is C17H21N3. The number of fused-ring (bicyclic) bond motifs is 2. The molecule has 0 radical (unpaired) electrons. The molecule has 0 unspecified atom stereocenters. The lowest BCUT2D eigenvalue weighted by molar-refractivity contribution is 0.313. The van der Waals surface area contributed by atoms with E-state index >= 15 is 0 Å². The molecule has 1 N–H and O–H groups in total. The number of hydrogen-bond acceptors (Lipinski definition) is 3. The predicted molar refractivity (Wildman–Crippen MR) is 85.9 cm³/mol. The van der Waals surface area contributed by atoms with Crippen LogP contribution in [0.1, 0.15) is 5.56 Å². The molecule has 0 saturated carbocycles. The van der Waals surface area contributed by atoms with Gasteiger partial charge < -0.3 is 15.1 Å². The van der Waals surface area contributed by atoms with Gasteiger partial charge in [-0.25, -0.2) is 0 Å². The highest BCUT2D eigenvalue weighted by Crippen LogP contribution is 2.34. The van der Waals surface area contributed by atoms with Crippen molar-refractivity contribution in [1.82, 2.24) is 4.90 Å². The first kappa shape index (κ1) is 12.0. The van der Waals surface area contributed by atoms with E-state index in [9.17, 15) is 0 Å². The molecule has 0 atom stereocenters. The minimum Gasteiger partial charge on any atom is -0.384 e. The Labute approximate surface area is 120 Å². The monoisotopic (exact) mass is 267 g/mol. The summed E-state index contributed by atoms with van der Waals surface area (Å²) in [6, 6.07) is 11.4. The van der Waals surface area contributed by atoms with Gasteiger partial charge in [-0.1, -0.05) is 12.1 Å². The molecule has 2 aromatic carbocycles. The zero-order valence-electron chi connectivity index (χ0n) is 12.0. The van der Waals surface area contributed by atoms with Crippen LogP contribution < -0.4 is 10.2 Å². The standard InChI is InChI=1S/C17H21N3/c1-19-7-9-20(10-8-19)17-4-2-3-13-11-14-5-6-18-16(14)12-15(13)17/h2-4,11-12,18H,5-10H2,1H3. The molecule has 0 spiro atoms. The summed E-state index contributed by atoms with van der Waals surface area (Å²) in [6.07, 6.45) is 1.16. The van der Waals surface area contributed by atoms with Gasteiger partial charge in [0.15, 0.2) is 0 Å². The fourth-order valence-corrected chi connectivity index (χ4v) is 3.38. The summed E-state index contributed by atoms with van der Waals surface area (Å²) >= 11 is 0. The lowest BCUT2D eigenvalue weighted by Gasteiger charge is -2.34. The van der Waals surface area contributed by atoms with E-state index in [0.29, 0.717) is 0 Å². The summed E-state index contributed by atoms with van der Waals surface area (Å²) in [5, 5.41) is 6.27. The summed E-state index contributed by atoms with van der Waals surface area (Å²) < 4.78 is 0. The van der Waals surface area contributed by atoms with Crippen molar-refractivity contribution in [3.05, 3.63) is 35.9 Å². The minimum atomic E-state index is 1.08. The Hall–Kier alpha value is -1.74. The Morgan fingerprint density at radius 2 is 1.90 bits per heavy atom. The number of nitrogens with zero attached hydrogens (tertiary/aromatic N) is 2. The molecule has 1 fully saturated rings. The van der Waals surface area contributed by atoms with E-state index in [1.54, 1.807) is 0 Å². The van der Waals surface area contributed by atoms with Gasteiger partial charge in [-0.15, -0.1) is 0 Å². The van der Waals surface area contributed by atoms with E-state index in [4.69, 9.17) is 0 Å². The molecular weight excluding hydrogens is 246 g/mol. The van der Waals surface area contributed by atoms with E-state index in [1.165, 1.54) is 27.7 Å². The Morgan fingerprint density at radius 3 is 2.75 bits per heavy atom. The molecule has 0 amide bonds. The van der Waals surface area contributed by atoms with Crippen LogP contribution in [0.4, 0.5) is 11.4 Å². The molecule has 2 aliphatic rings. The van der Waals surface area contributed by atoms with Gasteiger partial charge in [0.05, 0.1) is 0 Å². The molecule has 0 bridgehead atoms. The van der Waals surface area contributed by atoms with Crippen LogP contribution in [0.15, 0.2) is 30.3 Å². The highest BCUT2D eigenvalue weighted by atomic mass is 15.2. The van der Waals surface area contributed by atoms with Crippen molar-refractivity contribution in [2.24, 2.45) is 0 Å². The fourth-order valence-electron chi connectivity index (χ4n) is 3.38. The Morgan fingerprint density at radius 1 is 1.05 bits per heavy atom. The van der Waals surface area contributed by atoms with E-state index < -0.39 is 0 Å². The second-order valence-corrected chi connectivity index (χ2v) is 5.97. The molecule has 0 aromatic heterocycles. The molecule has 2 aliphatic heterocycles. The Kier molecular flexibility index (Phi) is 2.81. The molecule has 1 saturated heterocycles. The molecule has 20 heavy (non-hydrogen) atoms. The summed E-state index contributed by atoms with van der Waals surface area (Å²) in [4.78, 5) is 4.94. The van der Waals surface area contributed by atoms with E-state index in [-0.39, 0.29) is 0 Å². The van der Waals surface area contributed by atoms with Gasteiger partial charge >= 0.3 is 0 Å². The van der Waals surface area contributed by atoms with Crippen molar-refractivity contribution in [2.75, 3.05) is 50.0 Å². The number of rotatable bonds is 1. The SMILES string of the molecule is CN1CCN(c2cccc3cc4c(cc23)NCC4)CC1. The van der Waals surface area contributed by atoms with Crippen molar-refractivity contribution >= 4 is 22.1 Å². The first-order valence-corrected chi connectivity index (χ1v) is 7.54. The number of likely N-dealkylation sites (N-methyl/N-ethyl adjacent to an activating group) is 1. The third-order valence-electron chi connectivity index (χ3n) is 4.63. The van der Waals surface area contributed by atoms with Crippen LogP contribution in [0.2, 0.25) is 0 Å². The van der Waals surface area contributed by atoms with Gasteiger partial charge in [0.1, 0.15) is 0 Å². The fraction of sp³-hybridized carbons (Fsp3) is 0.412. The largest absolute Gasteiger partial charge is 0.384 e. The lowest BCUT2D eigenvalue weighted by atomic mass is 10.0. The summed E-state index contributed by atoms with van der Waals surface area (Å²) in [6.45, 7) is 5.63. The van der Waals surface area contributed by atoms with Crippen molar-refractivity contribution in [3.63, 3.8) is 0 Å². The summed E-state index contributed by atoms with van der Waals surface area (Å²) in [5.41, 5.74) is 4.19. The van der Waals surface area contributed by atoms with Gasteiger partial charge in [-0.05, 0) is 42.6 Å². The van der Waals surface area contributed by atoms with Crippen molar-refractivity contribution in [2.45, 2.75) is 6.42 Å². The molecule has 104 valence electrons. The molecule has 2 aromatic rings. The van der Waals surface area contributed by atoms with Crippen LogP contribution in [0.5, 0.6) is 0 Å². The first-order chi connectivity index (χ1) is 9.81. The topological polar surface area (TPSA) is 18.5 Å². The van der Waals surface area contributed by atoms with Crippen LogP contribution in [0.25, 0.3) is 10.8 Å². The first-order valence-electron chi connectivity index (χ1n) is 7.54. The smallest absolute Gasteiger partial charge is 0.0447 e. The van der Waals surface area contributed by atoms with Gasteiger partial charge in [-0.3, -0.25) is 0 Å². The summed E-state index contributed by atoms with van der Waals surface area (Å²) in [7, 11) is 2.21. The number of hydrogen-bond donors (Lipinski definition) is 1. The van der Waals surface area contributed by atoms with Crippen molar-refractivity contribution < 1.29 is 0 Å². The average Bonchev–Trinajstić information content (AvgIpc) is 2.92. The van der Waals surface area contributed by atoms with Crippen LogP contribution in [0.3, 0.4) is 0 Å².